The highest BCUT2D eigenvalue weighted by Gasteiger charge is 1.85. The second kappa shape index (κ2) is 1.51. The lowest BCUT2D eigenvalue weighted by atomic mass is 10.4. The van der Waals surface area contributed by atoms with Gasteiger partial charge in [0.05, 0.1) is 0 Å². The number of rotatable bonds is 0. The van der Waals surface area contributed by atoms with Crippen molar-refractivity contribution < 1.29 is 4.42 Å². The summed E-state index contributed by atoms with van der Waals surface area (Å²) in [6, 6.07) is 1.86. The fourth-order valence-electron chi connectivity index (χ4n) is 0.615. The Labute approximate surface area is 47.9 Å². The largest absolute Gasteiger partial charge is 0.462 e. The van der Waals surface area contributed by atoms with Gasteiger partial charge >= 0.3 is 0 Å². The van der Waals surface area contributed by atoms with E-state index in [4.69, 9.17) is 4.42 Å². The molecule has 0 aliphatic carbocycles. The maximum atomic E-state index is 5.04. The summed E-state index contributed by atoms with van der Waals surface area (Å²) in [7, 11) is 0. The van der Waals surface area contributed by atoms with Crippen molar-refractivity contribution in [2.45, 2.75) is 6.92 Å². The van der Waals surface area contributed by atoms with E-state index in [9.17, 15) is 0 Å². The van der Waals surface area contributed by atoms with Crippen molar-refractivity contribution in [2.24, 2.45) is 0 Å². The highest BCUT2D eigenvalue weighted by molar-refractivity contribution is 5.10. The Bertz CT molecular complexity index is 242. The van der Waals surface area contributed by atoms with Gasteiger partial charge in [-0.15, -0.1) is 0 Å². The lowest BCUT2D eigenvalue weighted by Gasteiger charge is -1.71. The highest BCUT2D eigenvalue weighted by Crippen LogP contribution is 1.82. The molecule has 1 aromatic heterocycles. The fourth-order valence-corrected chi connectivity index (χ4v) is 0.615. The Morgan fingerprint density at radius 2 is 2.12 bits per heavy atom. The molecule has 0 atom stereocenters. The SMILES string of the molecule is C=c1cc(C)oc1=C. The predicted molar refractivity (Wildman–Crippen MR) is 33.7 cm³/mol. The number of hydrogen-bond acceptors (Lipinski definition) is 1. The molecule has 0 amide bonds. The third-order valence-corrected chi connectivity index (χ3v) is 1.02. The molecule has 0 aliphatic rings. The Morgan fingerprint density at radius 1 is 1.50 bits per heavy atom. The zero-order chi connectivity index (χ0) is 6.15. The molecular weight excluding hydrogens is 100 g/mol. The zero-order valence-electron chi connectivity index (χ0n) is 4.90. The maximum Gasteiger partial charge on any atom is 0.126 e. The minimum atomic E-state index is 0.669. The Balaban J connectivity index is 3.59. The van der Waals surface area contributed by atoms with Crippen LogP contribution in [0.1, 0.15) is 5.76 Å². The molecule has 0 radical (unpaired) electrons. The Morgan fingerprint density at radius 3 is 2.25 bits per heavy atom. The van der Waals surface area contributed by atoms with Crippen molar-refractivity contribution in [1.29, 1.82) is 0 Å². The quantitative estimate of drug-likeness (QED) is 0.469. The van der Waals surface area contributed by atoms with E-state index >= 15 is 0 Å². The first-order chi connectivity index (χ1) is 3.70. The number of hydrogen-bond donors (Lipinski definition) is 0. The molecular formula is C7H8O. The van der Waals surface area contributed by atoms with Crippen molar-refractivity contribution >= 4 is 13.2 Å². The van der Waals surface area contributed by atoms with Gasteiger partial charge < -0.3 is 4.42 Å². The van der Waals surface area contributed by atoms with E-state index in [0.29, 0.717) is 5.42 Å². The van der Waals surface area contributed by atoms with Crippen LogP contribution in [0, 0.1) is 6.92 Å². The molecule has 1 heterocycles. The monoisotopic (exact) mass is 108 g/mol. The predicted octanol–water partition coefficient (Wildman–Crippen LogP) is 0.409. The molecule has 0 saturated carbocycles. The van der Waals surface area contributed by atoms with Gasteiger partial charge in [-0.05, 0) is 13.0 Å². The van der Waals surface area contributed by atoms with Gasteiger partial charge in [-0.25, -0.2) is 0 Å². The first kappa shape index (κ1) is 5.16. The molecule has 0 spiro atoms. The van der Waals surface area contributed by atoms with Crippen LogP contribution in [0.2, 0.25) is 0 Å². The van der Waals surface area contributed by atoms with Crippen LogP contribution in [0.15, 0.2) is 10.5 Å². The van der Waals surface area contributed by atoms with Gasteiger partial charge in [-0.3, -0.25) is 0 Å². The van der Waals surface area contributed by atoms with E-state index in [1.807, 2.05) is 13.0 Å². The summed E-state index contributed by atoms with van der Waals surface area (Å²) in [4.78, 5) is 0. The molecule has 0 saturated heterocycles. The summed E-state index contributed by atoms with van der Waals surface area (Å²) in [5.41, 5.74) is 0.669. The summed E-state index contributed by atoms with van der Waals surface area (Å²) in [6.45, 7) is 9.17. The van der Waals surface area contributed by atoms with Crippen LogP contribution >= 0.6 is 0 Å². The Kier molecular flexibility index (Phi) is 0.975. The molecule has 1 nitrogen and oxygen atoms in total. The van der Waals surface area contributed by atoms with E-state index in [1.165, 1.54) is 0 Å². The van der Waals surface area contributed by atoms with Gasteiger partial charge in [0.25, 0.3) is 0 Å². The second-order valence-electron chi connectivity index (χ2n) is 1.81. The van der Waals surface area contributed by atoms with E-state index < -0.39 is 0 Å². The molecule has 8 heavy (non-hydrogen) atoms. The van der Waals surface area contributed by atoms with Gasteiger partial charge in [-0.1, -0.05) is 13.2 Å². The van der Waals surface area contributed by atoms with Gasteiger partial charge in [0, 0.05) is 5.22 Å². The van der Waals surface area contributed by atoms with E-state index in [1.54, 1.807) is 0 Å². The fraction of sp³-hybridized carbons (Fsp3) is 0.143. The van der Waals surface area contributed by atoms with Crippen molar-refractivity contribution in [1.82, 2.24) is 0 Å². The molecule has 0 aromatic carbocycles. The maximum absolute atomic E-state index is 5.04. The summed E-state index contributed by atoms with van der Waals surface area (Å²) >= 11 is 0. The summed E-state index contributed by atoms with van der Waals surface area (Å²) < 4.78 is 5.04. The van der Waals surface area contributed by atoms with Crippen molar-refractivity contribution in [2.75, 3.05) is 0 Å². The van der Waals surface area contributed by atoms with E-state index in [0.717, 1.165) is 11.0 Å². The lowest BCUT2D eigenvalue weighted by Crippen LogP contribution is -2.13. The van der Waals surface area contributed by atoms with Crippen molar-refractivity contribution in [3.63, 3.8) is 0 Å². The summed E-state index contributed by atoms with van der Waals surface area (Å²) in [6.07, 6.45) is 0. The molecule has 0 fully saturated rings. The average molecular weight is 108 g/mol. The lowest BCUT2D eigenvalue weighted by molar-refractivity contribution is 0.503. The number of furan rings is 1. The third-order valence-electron chi connectivity index (χ3n) is 1.02. The van der Waals surface area contributed by atoms with Crippen LogP contribution in [0.25, 0.3) is 13.2 Å². The second-order valence-corrected chi connectivity index (χ2v) is 1.81. The normalized spacial score (nSPS) is 9.62. The first-order valence-electron chi connectivity index (χ1n) is 2.44. The van der Waals surface area contributed by atoms with Crippen molar-refractivity contribution in [3.8, 4) is 0 Å². The third kappa shape index (κ3) is 0.668. The van der Waals surface area contributed by atoms with Crippen LogP contribution in [0.4, 0.5) is 0 Å². The Hall–Kier alpha value is -0.980. The molecule has 0 bridgehead atoms. The molecule has 1 aromatic rings. The van der Waals surface area contributed by atoms with E-state index in [-0.39, 0.29) is 0 Å². The van der Waals surface area contributed by atoms with Crippen LogP contribution < -0.4 is 10.6 Å². The molecule has 1 rings (SSSR count). The van der Waals surface area contributed by atoms with Crippen LogP contribution in [-0.2, 0) is 0 Å². The zero-order valence-corrected chi connectivity index (χ0v) is 4.90. The van der Waals surface area contributed by atoms with Crippen LogP contribution in [-0.4, -0.2) is 0 Å². The topological polar surface area (TPSA) is 13.1 Å². The summed E-state index contributed by atoms with van der Waals surface area (Å²) in [5.74, 6) is 0.875. The first-order valence-corrected chi connectivity index (χ1v) is 2.44. The van der Waals surface area contributed by atoms with Crippen LogP contribution in [0.5, 0.6) is 0 Å². The van der Waals surface area contributed by atoms with Crippen molar-refractivity contribution in [3.05, 3.63) is 22.5 Å². The smallest absolute Gasteiger partial charge is 0.126 e. The van der Waals surface area contributed by atoms with Gasteiger partial charge in [0.1, 0.15) is 11.2 Å². The standard InChI is InChI=1S/C7H8O/c1-5-4-6(2)8-7(5)3/h4H,1,3H2,2H3. The number of aryl methyl sites for hydroxylation is 1. The minimum Gasteiger partial charge on any atom is -0.462 e. The minimum absolute atomic E-state index is 0.669. The molecule has 1 heteroatoms. The van der Waals surface area contributed by atoms with Gasteiger partial charge in [0.15, 0.2) is 0 Å². The molecule has 0 unspecified atom stereocenters. The van der Waals surface area contributed by atoms with E-state index in [2.05, 4.69) is 13.2 Å². The van der Waals surface area contributed by atoms with Crippen LogP contribution in [0.3, 0.4) is 0 Å². The molecule has 0 aliphatic heterocycles. The van der Waals surface area contributed by atoms with Gasteiger partial charge in [-0.2, -0.15) is 0 Å². The van der Waals surface area contributed by atoms with Gasteiger partial charge in [0.2, 0.25) is 0 Å². The molecule has 42 valence electrons. The summed E-state index contributed by atoms with van der Waals surface area (Å²) in [5, 5.41) is 0.877. The highest BCUT2D eigenvalue weighted by atomic mass is 16.3. The average Bonchev–Trinajstić information content (AvgIpc) is 1.85. The molecule has 0 N–H and O–H groups in total.